The molecule has 1 saturated carbocycles. The molecule has 0 spiro atoms. The van der Waals surface area contributed by atoms with Crippen molar-refractivity contribution >= 4 is 17.1 Å². The van der Waals surface area contributed by atoms with Crippen LogP contribution >= 0.6 is 0 Å². The number of halogens is 1. The van der Waals surface area contributed by atoms with Crippen LogP contribution in [0.5, 0.6) is 0 Å². The highest BCUT2D eigenvalue weighted by Crippen LogP contribution is 2.30. The number of fused-ring (bicyclic) bond motifs is 1. The number of hydrogen-bond donors (Lipinski definition) is 1. The molecule has 1 N–H and O–H groups in total. The SMILES string of the molecule is Cc1cc(C)n(-c2ccc(=O)n(C3CCC(Nc4nc5cc(F)ccc5o4)CC3)n2)n1. The highest BCUT2D eigenvalue weighted by Gasteiger charge is 2.25. The normalized spacial score (nSPS) is 19.1. The molecule has 0 bridgehead atoms. The van der Waals surface area contributed by atoms with Gasteiger partial charge in [-0.2, -0.15) is 10.1 Å². The lowest BCUT2D eigenvalue weighted by Crippen LogP contribution is -2.33. The molecular weight excluding hydrogens is 399 g/mol. The summed E-state index contributed by atoms with van der Waals surface area (Å²) in [6, 6.07) is 10.1. The van der Waals surface area contributed by atoms with E-state index in [9.17, 15) is 9.18 Å². The molecule has 4 aromatic rings. The average Bonchev–Trinajstić information content (AvgIpc) is 3.30. The summed E-state index contributed by atoms with van der Waals surface area (Å²) in [4.78, 5) is 16.8. The molecular formula is C22H23FN6O2. The van der Waals surface area contributed by atoms with Gasteiger partial charge in [-0.25, -0.2) is 13.8 Å². The molecule has 5 rings (SSSR count). The largest absolute Gasteiger partial charge is 0.424 e. The van der Waals surface area contributed by atoms with Gasteiger partial charge in [-0.05, 0) is 63.8 Å². The second kappa shape index (κ2) is 7.64. The van der Waals surface area contributed by atoms with E-state index in [0.717, 1.165) is 37.1 Å². The molecule has 1 aliphatic rings. The Morgan fingerprint density at radius 1 is 1.06 bits per heavy atom. The monoisotopic (exact) mass is 422 g/mol. The van der Waals surface area contributed by atoms with E-state index in [4.69, 9.17) is 4.42 Å². The minimum absolute atomic E-state index is 0.0280. The molecule has 0 amide bonds. The van der Waals surface area contributed by atoms with Crippen molar-refractivity contribution in [1.29, 1.82) is 0 Å². The summed E-state index contributed by atoms with van der Waals surface area (Å²) >= 11 is 0. The third-order valence-electron chi connectivity index (χ3n) is 5.76. The fraction of sp³-hybridized carbons (Fsp3) is 0.364. The summed E-state index contributed by atoms with van der Waals surface area (Å²) in [7, 11) is 0. The second-order valence-corrected chi connectivity index (χ2v) is 8.09. The third-order valence-corrected chi connectivity index (χ3v) is 5.76. The van der Waals surface area contributed by atoms with E-state index in [0.29, 0.717) is 22.9 Å². The van der Waals surface area contributed by atoms with Crippen molar-refractivity contribution in [2.45, 2.75) is 51.6 Å². The molecule has 1 fully saturated rings. The van der Waals surface area contributed by atoms with Gasteiger partial charge in [-0.15, -0.1) is 5.10 Å². The Morgan fingerprint density at radius 3 is 2.61 bits per heavy atom. The van der Waals surface area contributed by atoms with Crippen LogP contribution in [0.3, 0.4) is 0 Å². The van der Waals surface area contributed by atoms with Crippen LogP contribution in [0.4, 0.5) is 10.4 Å². The number of nitrogens with zero attached hydrogens (tertiary/aromatic N) is 5. The Bertz CT molecular complexity index is 1300. The highest BCUT2D eigenvalue weighted by atomic mass is 19.1. The Balaban J connectivity index is 1.29. The van der Waals surface area contributed by atoms with Crippen LogP contribution < -0.4 is 10.9 Å². The number of oxazole rings is 1. The van der Waals surface area contributed by atoms with Gasteiger partial charge in [0.1, 0.15) is 11.3 Å². The molecule has 1 aliphatic carbocycles. The molecule has 1 aromatic carbocycles. The molecule has 3 heterocycles. The number of nitrogens with one attached hydrogen (secondary N) is 1. The van der Waals surface area contributed by atoms with Crippen LogP contribution in [0, 0.1) is 19.7 Å². The number of rotatable bonds is 4. The molecule has 0 saturated heterocycles. The summed E-state index contributed by atoms with van der Waals surface area (Å²) in [5.74, 6) is 0.303. The first-order valence-corrected chi connectivity index (χ1v) is 10.4. The number of anilines is 1. The van der Waals surface area contributed by atoms with Crippen LogP contribution in [0.15, 0.2) is 45.6 Å². The van der Waals surface area contributed by atoms with E-state index >= 15 is 0 Å². The Kier molecular flexibility index (Phi) is 4.80. The van der Waals surface area contributed by atoms with Crippen molar-refractivity contribution in [1.82, 2.24) is 24.5 Å². The van der Waals surface area contributed by atoms with Gasteiger partial charge in [0.05, 0.1) is 11.7 Å². The molecule has 0 unspecified atom stereocenters. The minimum atomic E-state index is -0.339. The summed E-state index contributed by atoms with van der Waals surface area (Å²) < 4.78 is 22.4. The second-order valence-electron chi connectivity index (χ2n) is 8.09. The zero-order valence-electron chi connectivity index (χ0n) is 17.4. The van der Waals surface area contributed by atoms with Crippen LogP contribution in [-0.4, -0.2) is 30.6 Å². The lowest BCUT2D eigenvalue weighted by Gasteiger charge is -2.29. The first-order chi connectivity index (χ1) is 15.0. The molecule has 8 nitrogen and oxygen atoms in total. The smallest absolute Gasteiger partial charge is 0.295 e. The lowest BCUT2D eigenvalue weighted by molar-refractivity contribution is 0.300. The van der Waals surface area contributed by atoms with Crippen molar-refractivity contribution in [3.05, 3.63) is 64.0 Å². The first kappa shape index (κ1) is 19.5. The van der Waals surface area contributed by atoms with Gasteiger partial charge in [0.15, 0.2) is 11.4 Å². The van der Waals surface area contributed by atoms with Crippen LogP contribution in [0.25, 0.3) is 16.9 Å². The lowest BCUT2D eigenvalue weighted by atomic mass is 9.91. The van der Waals surface area contributed by atoms with E-state index < -0.39 is 0 Å². The number of benzene rings is 1. The average molecular weight is 422 g/mol. The molecule has 160 valence electrons. The predicted octanol–water partition coefficient (Wildman–Crippen LogP) is 3.92. The molecule has 9 heteroatoms. The number of hydrogen-bond acceptors (Lipinski definition) is 6. The van der Waals surface area contributed by atoms with Crippen molar-refractivity contribution in [3.8, 4) is 5.82 Å². The molecule has 0 radical (unpaired) electrons. The molecule has 0 atom stereocenters. The Morgan fingerprint density at radius 2 is 1.87 bits per heavy atom. The zero-order chi connectivity index (χ0) is 21.5. The highest BCUT2D eigenvalue weighted by molar-refractivity contribution is 5.74. The van der Waals surface area contributed by atoms with Gasteiger partial charge < -0.3 is 9.73 Å². The van der Waals surface area contributed by atoms with E-state index in [1.54, 1.807) is 27.6 Å². The van der Waals surface area contributed by atoms with Gasteiger partial charge in [0, 0.05) is 23.9 Å². The van der Waals surface area contributed by atoms with E-state index in [1.807, 2.05) is 19.9 Å². The first-order valence-electron chi connectivity index (χ1n) is 10.4. The molecule has 31 heavy (non-hydrogen) atoms. The van der Waals surface area contributed by atoms with Gasteiger partial charge in [0.2, 0.25) is 0 Å². The Hall–Kier alpha value is -3.49. The van der Waals surface area contributed by atoms with Crippen molar-refractivity contribution < 1.29 is 8.81 Å². The summed E-state index contributed by atoms with van der Waals surface area (Å²) in [5, 5.41) is 12.4. The fourth-order valence-corrected chi connectivity index (χ4v) is 4.25. The predicted molar refractivity (Wildman–Crippen MR) is 114 cm³/mol. The summed E-state index contributed by atoms with van der Waals surface area (Å²) in [6.45, 7) is 3.90. The third kappa shape index (κ3) is 3.83. The van der Waals surface area contributed by atoms with Crippen LogP contribution in [0.1, 0.15) is 43.1 Å². The maximum Gasteiger partial charge on any atom is 0.295 e. The van der Waals surface area contributed by atoms with Crippen LogP contribution in [0.2, 0.25) is 0 Å². The maximum absolute atomic E-state index is 13.4. The minimum Gasteiger partial charge on any atom is -0.424 e. The summed E-state index contributed by atoms with van der Waals surface area (Å²) in [6.07, 6.45) is 3.30. The zero-order valence-corrected chi connectivity index (χ0v) is 17.4. The number of aryl methyl sites for hydroxylation is 2. The topological polar surface area (TPSA) is 90.8 Å². The van der Waals surface area contributed by atoms with Crippen molar-refractivity contribution in [2.24, 2.45) is 0 Å². The quantitative estimate of drug-likeness (QED) is 0.536. The summed E-state index contributed by atoms with van der Waals surface area (Å²) in [5.41, 5.74) is 2.82. The molecule has 0 aliphatic heterocycles. The number of aromatic nitrogens is 5. The van der Waals surface area contributed by atoms with Gasteiger partial charge in [-0.3, -0.25) is 4.79 Å². The maximum atomic E-state index is 13.4. The van der Waals surface area contributed by atoms with E-state index in [1.165, 1.54) is 12.1 Å². The fourth-order valence-electron chi connectivity index (χ4n) is 4.25. The van der Waals surface area contributed by atoms with Gasteiger partial charge >= 0.3 is 0 Å². The van der Waals surface area contributed by atoms with E-state index in [2.05, 4.69) is 20.5 Å². The van der Waals surface area contributed by atoms with Gasteiger partial charge in [0.25, 0.3) is 11.6 Å². The van der Waals surface area contributed by atoms with Crippen molar-refractivity contribution in [2.75, 3.05) is 5.32 Å². The van der Waals surface area contributed by atoms with Crippen LogP contribution in [-0.2, 0) is 0 Å². The van der Waals surface area contributed by atoms with Gasteiger partial charge in [-0.1, -0.05) is 0 Å². The standard InChI is InChI=1S/C22H23FN6O2/c1-13-11-14(2)28(26-13)20-9-10-21(30)29(27-20)17-6-4-16(5-7-17)24-22-25-18-12-15(23)3-8-19(18)31-22/h3,8-12,16-17H,4-7H2,1-2H3,(H,24,25). The van der Waals surface area contributed by atoms with E-state index in [-0.39, 0.29) is 23.5 Å². The Labute approximate surface area is 177 Å². The molecule has 3 aromatic heterocycles. The van der Waals surface area contributed by atoms with Crippen molar-refractivity contribution in [3.63, 3.8) is 0 Å².